The van der Waals surface area contributed by atoms with E-state index in [1.165, 1.54) is 6.07 Å². The van der Waals surface area contributed by atoms with Crippen molar-refractivity contribution in [2.45, 2.75) is 31.9 Å². The van der Waals surface area contributed by atoms with Gasteiger partial charge in [-0.05, 0) is 31.0 Å². The van der Waals surface area contributed by atoms with Gasteiger partial charge in [-0.15, -0.1) is 0 Å². The summed E-state index contributed by atoms with van der Waals surface area (Å²) in [5.74, 6) is 0.623. The van der Waals surface area contributed by atoms with E-state index in [2.05, 4.69) is 9.88 Å². The van der Waals surface area contributed by atoms with E-state index in [9.17, 15) is 8.42 Å². The maximum atomic E-state index is 12.3. The highest BCUT2D eigenvalue weighted by molar-refractivity contribution is 7.89. The van der Waals surface area contributed by atoms with Crippen molar-refractivity contribution >= 4 is 10.0 Å². The molecule has 0 bridgehead atoms. The average molecular weight is 296 g/mol. The highest BCUT2D eigenvalue weighted by atomic mass is 32.2. The number of aliphatic hydroxyl groups excluding tert-OH is 1. The Morgan fingerprint density at radius 3 is 2.65 bits per heavy atom. The summed E-state index contributed by atoms with van der Waals surface area (Å²) in [6.07, 6.45) is 0. The van der Waals surface area contributed by atoms with Crippen LogP contribution in [0, 0.1) is 13.8 Å². The standard InChI is InChI=1S/C13H16N2O4S/c1-9-3-4-11(8-16)6-13(9)20(17,18)14-7-12-5-10(2)19-15-12/h3-6,14,16H,7-8H2,1-2H3. The minimum absolute atomic E-state index is 0.0580. The molecule has 20 heavy (non-hydrogen) atoms. The minimum atomic E-state index is -3.66. The lowest BCUT2D eigenvalue weighted by molar-refractivity contribution is 0.281. The molecule has 7 heteroatoms. The van der Waals surface area contributed by atoms with Gasteiger partial charge >= 0.3 is 0 Å². The molecule has 0 fully saturated rings. The monoisotopic (exact) mass is 296 g/mol. The molecular weight excluding hydrogens is 280 g/mol. The molecule has 0 atom stereocenters. The molecule has 0 aliphatic rings. The number of nitrogens with zero attached hydrogens (tertiary/aromatic N) is 1. The van der Waals surface area contributed by atoms with Crippen LogP contribution in [-0.4, -0.2) is 18.7 Å². The number of aromatic nitrogens is 1. The van der Waals surface area contributed by atoms with Crippen LogP contribution in [0.2, 0.25) is 0 Å². The van der Waals surface area contributed by atoms with Gasteiger partial charge in [0.1, 0.15) is 5.76 Å². The Balaban J connectivity index is 2.21. The van der Waals surface area contributed by atoms with Crippen LogP contribution in [-0.2, 0) is 23.2 Å². The van der Waals surface area contributed by atoms with Gasteiger partial charge in [-0.1, -0.05) is 17.3 Å². The van der Waals surface area contributed by atoms with Crippen molar-refractivity contribution in [3.05, 3.63) is 46.8 Å². The number of rotatable bonds is 5. The van der Waals surface area contributed by atoms with E-state index in [-0.39, 0.29) is 18.0 Å². The van der Waals surface area contributed by atoms with E-state index >= 15 is 0 Å². The first-order chi connectivity index (χ1) is 9.42. The summed E-state index contributed by atoms with van der Waals surface area (Å²) in [5.41, 5.74) is 1.68. The quantitative estimate of drug-likeness (QED) is 0.866. The molecule has 2 N–H and O–H groups in total. The highest BCUT2D eigenvalue weighted by Gasteiger charge is 2.17. The van der Waals surface area contributed by atoms with Crippen molar-refractivity contribution < 1.29 is 18.0 Å². The number of hydrogen-bond donors (Lipinski definition) is 2. The molecule has 0 unspecified atom stereocenters. The fourth-order valence-corrected chi connectivity index (χ4v) is 3.07. The van der Waals surface area contributed by atoms with Gasteiger partial charge in [-0.2, -0.15) is 0 Å². The van der Waals surface area contributed by atoms with E-state index in [0.29, 0.717) is 22.6 Å². The maximum Gasteiger partial charge on any atom is 0.241 e. The Bertz CT molecular complexity index is 707. The summed E-state index contributed by atoms with van der Waals surface area (Å²) >= 11 is 0. The lowest BCUT2D eigenvalue weighted by atomic mass is 10.2. The maximum absolute atomic E-state index is 12.3. The van der Waals surface area contributed by atoms with Gasteiger partial charge in [0.15, 0.2) is 0 Å². The molecule has 2 aromatic rings. The normalized spacial score (nSPS) is 11.8. The van der Waals surface area contributed by atoms with E-state index in [1.54, 1.807) is 32.0 Å². The van der Waals surface area contributed by atoms with Crippen LogP contribution >= 0.6 is 0 Å². The first-order valence-corrected chi connectivity index (χ1v) is 7.53. The van der Waals surface area contributed by atoms with Gasteiger partial charge in [0.2, 0.25) is 10.0 Å². The zero-order chi connectivity index (χ0) is 14.8. The summed E-state index contributed by atoms with van der Waals surface area (Å²) in [5, 5.41) is 12.8. The van der Waals surface area contributed by atoms with Gasteiger partial charge in [0.25, 0.3) is 0 Å². The molecule has 6 nitrogen and oxygen atoms in total. The third kappa shape index (κ3) is 3.24. The largest absolute Gasteiger partial charge is 0.392 e. The molecule has 0 amide bonds. The first-order valence-electron chi connectivity index (χ1n) is 6.04. The summed E-state index contributed by atoms with van der Waals surface area (Å²) < 4.78 is 31.8. The summed E-state index contributed by atoms with van der Waals surface area (Å²) in [6, 6.07) is 6.49. The molecule has 0 aliphatic heterocycles. The predicted molar refractivity (Wildman–Crippen MR) is 72.4 cm³/mol. The molecule has 108 valence electrons. The van der Waals surface area contributed by atoms with E-state index in [0.717, 1.165) is 0 Å². The number of aryl methyl sites for hydroxylation is 2. The molecule has 0 saturated heterocycles. The van der Waals surface area contributed by atoms with Crippen LogP contribution in [0.3, 0.4) is 0 Å². The smallest absolute Gasteiger partial charge is 0.241 e. The van der Waals surface area contributed by atoms with Gasteiger partial charge < -0.3 is 9.63 Å². The number of aliphatic hydroxyl groups is 1. The molecular formula is C13H16N2O4S. The third-order valence-electron chi connectivity index (χ3n) is 2.84. The first kappa shape index (κ1) is 14.7. The topological polar surface area (TPSA) is 92.4 Å². The van der Waals surface area contributed by atoms with Gasteiger partial charge in [0, 0.05) is 6.07 Å². The zero-order valence-electron chi connectivity index (χ0n) is 11.3. The van der Waals surface area contributed by atoms with Crippen molar-refractivity contribution in [1.82, 2.24) is 9.88 Å². The molecule has 1 heterocycles. The summed E-state index contributed by atoms with van der Waals surface area (Å²) in [4.78, 5) is 0.157. The van der Waals surface area contributed by atoms with Crippen LogP contribution in [0.25, 0.3) is 0 Å². The Labute approximate surface area is 117 Å². The molecule has 0 radical (unpaired) electrons. The molecule has 1 aromatic carbocycles. The molecule has 0 spiro atoms. The fourth-order valence-electron chi connectivity index (χ4n) is 1.78. The number of nitrogens with one attached hydrogen (secondary N) is 1. The third-order valence-corrected chi connectivity index (χ3v) is 4.39. The second-order valence-electron chi connectivity index (χ2n) is 4.51. The molecule has 0 aliphatic carbocycles. The van der Waals surface area contributed by atoms with Crippen LogP contribution in [0.5, 0.6) is 0 Å². The highest BCUT2D eigenvalue weighted by Crippen LogP contribution is 2.17. The minimum Gasteiger partial charge on any atom is -0.392 e. The number of sulfonamides is 1. The lowest BCUT2D eigenvalue weighted by Gasteiger charge is -2.09. The van der Waals surface area contributed by atoms with E-state index in [4.69, 9.17) is 9.63 Å². The molecule has 1 aromatic heterocycles. The molecule has 2 rings (SSSR count). The SMILES string of the molecule is Cc1cc(CNS(=O)(=O)c2cc(CO)ccc2C)no1. The van der Waals surface area contributed by atoms with Gasteiger partial charge in [-0.25, -0.2) is 13.1 Å². The average Bonchev–Trinajstić information content (AvgIpc) is 2.83. The number of hydrogen-bond acceptors (Lipinski definition) is 5. The Morgan fingerprint density at radius 2 is 2.05 bits per heavy atom. The van der Waals surface area contributed by atoms with Crippen LogP contribution in [0.1, 0.15) is 22.6 Å². The van der Waals surface area contributed by atoms with Crippen molar-refractivity contribution in [1.29, 1.82) is 0 Å². The van der Waals surface area contributed by atoms with Gasteiger partial charge in [0.05, 0.1) is 23.7 Å². The Hall–Kier alpha value is -1.70. The predicted octanol–water partition coefficient (Wildman–Crippen LogP) is 1.26. The van der Waals surface area contributed by atoms with Crippen LogP contribution < -0.4 is 4.72 Å². The summed E-state index contributed by atoms with van der Waals surface area (Å²) in [7, 11) is -3.66. The Morgan fingerprint density at radius 1 is 1.30 bits per heavy atom. The lowest BCUT2D eigenvalue weighted by Crippen LogP contribution is -2.24. The van der Waals surface area contributed by atoms with Crippen molar-refractivity contribution in [3.63, 3.8) is 0 Å². The second-order valence-corrected chi connectivity index (χ2v) is 6.25. The van der Waals surface area contributed by atoms with E-state index < -0.39 is 10.0 Å². The van der Waals surface area contributed by atoms with Crippen molar-refractivity contribution in [2.24, 2.45) is 0 Å². The second kappa shape index (κ2) is 5.74. The zero-order valence-corrected chi connectivity index (χ0v) is 12.1. The fraction of sp³-hybridized carbons (Fsp3) is 0.308. The van der Waals surface area contributed by atoms with Crippen molar-refractivity contribution in [3.8, 4) is 0 Å². The molecule has 0 saturated carbocycles. The van der Waals surface area contributed by atoms with Crippen LogP contribution in [0.15, 0.2) is 33.7 Å². The van der Waals surface area contributed by atoms with Crippen molar-refractivity contribution in [2.75, 3.05) is 0 Å². The van der Waals surface area contributed by atoms with Crippen LogP contribution in [0.4, 0.5) is 0 Å². The van der Waals surface area contributed by atoms with Gasteiger partial charge in [-0.3, -0.25) is 0 Å². The Kier molecular flexibility index (Phi) is 4.22. The summed E-state index contributed by atoms with van der Waals surface area (Å²) in [6.45, 7) is 3.30. The van der Waals surface area contributed by atoms with E-state index in [1.807, 2.05) is 0 Å². The number of benzene rings is 1.